The Bertz CT molecular complexity index is 863. The molecular weight excluding hydrogens is 292 g/mol. The number of rotatable bonds is 4. The summed E-state index contributed by atoms with van der Waals surface area (Å²) in [5.41, 5.74) is 3.87. The minimum Gasteiger partial charge on any atom is -0.296 e. The quantitative estimate of drug-likeness (QED) is 0.801. The Morgan fingerprint density at radius 3 is 2.57 bits per heavy atom. The van der Waals surface area contributed by atoms with E-state index < -0.39 is 5.76 Å². The number of H-pyrrole nitrogens is 1. The fourth-order valence-corrected chi connectivity index (χ4v) is 2.87. The van der Waals surface area contributed by atoms with Crippen LogP contribution in [0, 0.1) is 0 Å². The summed E-state index contributed by atoms with van der Waals surface area (Å²) in [5.74, 6) is 0.446. The van der Waals surface area contributed by atoms with E-state index in [-0.39, 0.29) is 0 Å². The summed E-state index contributed by atoms with van der Waals surface area (Å²) in [4.78, 5) is 22.3. The lowest BCUT2D eigenvalue weighted by Gasteiger charge is -2.25. The molecule has 0 amide bonds. The van der Waals surface area contributed by atoms with E-state index in [1.165, 1.54) is 24.8 Å². The second kappa shape index (κ2) is 5.79. The Morgan fingerprint density at radius 1 is 1.13 bits per heavy atom. The molecule has 2 heterocycles. The van der Waals surface area contributed by atoms with Gasteiger partial charge in [0.2, 0.25) is 5.82 Å². The third kappa shape index (κ3) is 2.79. The van der Waals surface area contributed by atoms with Gasteiger partial charge in [-0.2, -0.15) is 0 Å². The predicted octanol–water partition coefficient (Wildman–Crippen LogP) is 2.68. The summed E-state index contributed by atoms with van der Waals surface area (Å²) >= 11 is 0. The van der Waals surface area contributed by atoms with Crippen molar-refractivity contribution in [3.8, 4) is 11.5 Å². The van der Waals surface area contributed by atoms with E-state index in [0.29, 0.717) is 17.9 Å². The van der Waals surface area contributed by atoms with E-state index in [1.54, 1.807) is 12.4 Å². The molecular formula is C17H16N4O2. The van der Waals surface area contributed by atoms with Crippen LogP contribution in [0.3, 0.4) is 0 Å². The first-order valence-corrected chi connectivity index (χ1v) is 7.75. The number of hydrogen-bond acceptors (Lipinski definition) is 5. The normalized spacial score (nSPS) is 14.6. The number of hydrogen-bond donors (Lipinski definition) is 1. The van der Waals surface area contributed by atoms with Crippen LogP contribution in [0.4, 0.5) is 0 Å². The molecule has 116 valence electrons. The molecule has 23 heavy (non-hydrogen) atoms. The fourth-order valence-electron chi connectivity index (χ4n) is 2.87. The van der Waals surface area contributed by atoms with Gasteiger partial charge in [-0.1, -0.05) is 35.8 Å². The molecule has 1 saturated carbocycles. The van der Waals surface area contributed by atoms with Crippen molar-refractivity contribution >= 4 is 0 Å². The van der Waals surface area contributed by atoms with Crippen molar-refractivity contribution in [2.24, 2.45) is 0 Å². The summed E-state index contributed by atoms with van der Waals surface area (Å²) in [6, 6.07) is 8.68. The molecule has 0 radical (unpaired) electrons. The lowest BCUT2D eigenvalue weighted by molar-refractivity contribution is 0.387. The van der Waals surface area contributed by atoms with Crippen molar-refractivity contribution in [1.29, 1.82) is 0 Å². The highest BCUT2D eigenvalue weighted by molar-refractivity contribution is 5.52. The molecule has 0 spiro atoms. The standard InChI is InChI=1S/C17H16N4O2/c22-17-20-16(21-23-17)15-14(18-8-9-19-15)10-11-4-6-13(7-5-11)12-2-1-3-12/h4-9,12H,1-3,10H2,(H,20,21,22). The smallest absolute Gasteiger partial charge is 0.296 e. The van der Waals surface area contributed by atoms with E-state index in [1.807, 2.05) is 0 Å². The van der Waals surface area contributed by atoms with E-state index in [9.17, 15) is 4.79 Å². The predicted molar refractivity (Wildman–Crippen MR) is 84.0 cm³/mol. The number of aromatic amines is 1. The molecule has 4 rings (SSSR count). The Morgan fingerprint density at radius 2 is 1.91 bits per heavy atom. The molecule has 0 bridgehead atoms. The summed E-state index contributed by atoms with van der Waals surface area (Å²) < 4.78 is 4.56. The van der Waals surface area contributed by atoms with Gasteiger partial charge in [-0.3, -0.25) is 14.5 Å². The topological polar surface area (TPSA) is 84.7 Å². The molecule has 1 fully saturated rings. The van der Waals surface area contributed by atoms with Crippen molar-refractivity contribution in [2.75, 3.05) is 0 Å². The number of benzene rings is 1. The average Bonchev–Trinajstić information content (AvgIpc) is 2.94. The number of aromatic nitrogens is 4. The first-order valence-electron chi connectivity index (χ1n) is 7.75. The monoisotopic (exact) mass is 308 g/mol. The first kappa shape index (κ1) is 13.9. The van der Waals surface area contributed by atoms with E-state index in [2.05, 4.69) is 48.9 Å². The number of nitrogens with one attached hydrogen (secondary N) is 1. The molecule has 0 unspecified atom stereocenters. The van der Waals surface area contributed by atoms with Crippen molar-refractivity contribution in [3.63, 3.8) is 0 Å². The fraction of sp³-hybridized carbons (Fsp3) is 0.294. The number of nitrogens with zero attached hydrogens (tertiary/aromatic N) is 3. The Hall–Kier alpha value is -2.76. The molecule has 3 aromatic rings. The van der Waals surface area contributed by atoms with Gasteiger partial charge in [-0.05, 0) is 29.9 Å². The minimum absolute atomic E-state index is 0.309. The molecule has 1 aliphatic rings. The summed E-state index contributed by atoms with van der Waals surface area (Å²) in [5, 5.41) is 3.70. The second-order valence-electron chi connectivity index (χ2n) is 5.84. The van der Waals surface area contributed by atoms with Crippen LogP contribution in [0.25, 0.3) is 11.5 Å². The highest BCUT2D eigenvalue weighted by atomic mass is 16.5. The maximum Gasteiger partial charge on any atom is 0.439 e. The molecule has 0 atom stereocenters. The molecule has 0 aliphatic heterocycles. The van der Waals surface area contributed by atoms with Gasteiger partial charge in [0.05, 0.1) is 5.69 Å². The molecule has 1 aromatic carbocycles. The van der Waals surface area contributed by atoms with Crippen LogP contribution in [0.1, 0.15) is 42.0 Å². The van der Waals surface area contributed by atoms with Gasteiger partial charge in [0, 0.05) is 18.8 Å². The van der Waals surface area contributed by atoms with Crippen LogP contribution in [0.2, 0.25) is 0 Å². The Balaban J connectivity index is 1.60. The van der Waals surface area contributed by atoms with Crippen molar-refractivity contribution in [3.05, 3.63) is 64.0 Å². The van der Waals surface area contributed by atoms with Gasteiger partial charge >= 0.3 is 5.76 Å². The van der Waals surface area contributed by atoms with Crippen LogP contribution < -0.4 is 5.76 Å². The molecule has 6 nitrogen and oxygen atoms in total. The van der Waals surface area contributed by atoms with Gasteiger partial charge in [0.15, 0.2) is 0 Å². The molecule has 6 heteroatoms. The van der Waals surface area contributed by atoms with Gasteiger partial charge in [0.1, 0.15) is 5.69 Å². The summed E-state index contributed by atoms with van der Waals surface area (Å²) in [7, 11) is 0. The molecule has 2 aromatic heterocycles. The van der Waals surface area contributed by atoms with Crippen LogP contribution in [0.15, 0.2) is 46.0 Å². The SMILES string of the molecule is O=c1[nH]c(-c2nccnc2Cc2ccc(C3CCC3)cc2)no1. The van der Waals surface area contributed by atoms with Gasteiger partial charge in [-0.25, -0.2) is 9.78 Å². The summed E-state index contributed by atoms with van der Waals surface area (Å²) in [6.07, 6.45) is 7.78. The zero-order valence-corrected chi connectivity index (χ0v) is 12.5. The van der Waals surface area contributed by atoms with Crippen LogP contribution in [0.5, 0.6) is 0 Å². The molecule has 1 aliphatic carbocycles. The molecule has 1 N–H and O–H groups in total. The maximum atomic E-state index is 11.1. The van der Waals surface area contributed by atoms with Crippen LogP contribution in [-0.2, 0) is 6.42 Å². The Kier molecular flexibility index (Phi) is 3.49. The maximum absolute atomic E-state index is 11.1. The van der Waals surface area contributed by atoms with E-state index in [4.69, 9.17) is 0 Å². The highest BCUT2D eigenvalue weighted by Gasteiger charge is 2.19. The minimum atomic E-state index is -0.596. The van der Waals surface area contributed by atoms with Crippen LogP contribution in [-0.4, -0.2) is 20.1 Å². The third-order valence-corrected chi connectivity index (χ3v) is 4.37. The molecule has 0 saturated heterocycles. The second-order valence-corrected chi connectivity index (χ2v) is 5.84. The highest BCUT2D eigenvalue weighted by Crippen LogP contribution is 2.36. The summed E-state index contributed by atoms with van der Waals surface area (Å²) in [6.45, 7) is 0. The first-order chi connectivity index (χ1) is 11.3. The van der Waals surface area contributed by atoms with Crippen molar-refractivity contribution in [2.45, 2.75) is 31.6 Å². The van der Waals surface area contributed by atoms with Gasteiger partial charge in [-0.15, -0.1) is 0 Å². The largest absolute Gasteiger partial charge is 0.439 e. The van der Waals surface area contributed by atoms with Crippen LogP contribution >= 0.6 is 0 Å². The average molecular weight is 308 g/mol. The third-order valence-electron chi connectivity index (χ3n) is 4.37. The lowest BCUT2D eigenvalue weighted by atomic mass is 9.80. The van der Waals surface area contributed by atoms with Crippen molar-refractivity contribution in [1.82, 2.24) is 20.1 Å². The Labute approximate surface area is 132 Å². The zero-order valence-electron chi connectivity index (χ0n) is 12.5. The zero-order chi connectivity index (χ0) is 15.6. The van der Waals surface area contributed by atoms with Gasteiger partial charge in [0.25, 0.3) is 0 Å². The van der Waals surface area contributed by atoms with Crippen molar-refractivity contribution < 1.29 is 4.52 Å². The van der Waals surface area contributed by atoms with E-state index in [0.717, 1.165) is 17.2 Å². The van der Waals surface area contributed by atoms with E-state index >= 15 is 0 Å². The van der Waals surface area contributed by atoms with Gasteiger partial charge < -0.3 is 0 Å². The lowest BCUT2D eigenvalue weighted by Crippen LogP contribution is -2.08.